The Morgan fingerprint density at radius 1 is 1.53 bits per heavy atom. The molecule has 1 heterocycles. The van der Waals surface area contributed by atoms with Crippen LogP contribution in [0.2, 0.25) is 0 Å². The third kappa shape index (κ3) is 1.79. The average molecular weight is 230 g/mol. The zero-order valence-electron chi connectivity index (χ0n) is 9.68. The van der Waals surface area contributed by atoms with E-state index in [2.05, 4.69) is 9.55 Å². The summed E-state index contributed by atoms with van der Waals surface area (Å²) < 4.78 is 2.10. The predicted octanol–water partition coefficient (Wildman–Crippen LogP) is 2.31. The lowest BCUT2D eigenvalue weighted by Gasteiger charge is -2.05. The maximum Gasteiger partial charge on any atom is 0.311 e. The van der Waals surface area contributed by atoms with Crippen LogP contribution in [0.3, 0.4) is 0 Å². The number of aromatic nitrogens is 2. The lowest BCUT2D eigenvalue weighted by atomic mass is 10.2. The average Bonchev–Trinajstić information content (AvgIpc) is 3.00. The molecule has 0 amide bonds. The Morgan fingerprint density at radius 3 is 2.94 bits per heavy atom. The van der Waals surface area contributed by atoms with Crippen molar-refractivity contribution in [3.63, 3.8) is 0 Å². The molecule has 88 valence electrons. The number of hydrogen-bond donors (Lipinski definition) is 1. The van der Waals surface area contributed by atoms with Crippen LogP contribution in [-0.4, -0.2) is 20.6 Å². The molecule has 1 fully saturated rings. The van der Waals surface area contributed by atoms with E-state index in [1.165, 1.54) is 0 Å². The summed E-state index contributed by atoms with van der Waals surface area (Å²) in [4.78, 5) is 15.3. The second kappa shape index (κ2) is 3.58. The third-order valence-corrected chi connectivity index (χ3v) is 3.14. The van der Waals surface area contributed by atoms with E-state index >= 15 is 0 Å². The fraction of sp³-hybridized carbons (Fsp3) is 0.385. The summed E-state index contributed by atoms with van der Waals surface area (Å²) in [6.07, 6.45) is 2.27. The van der Waals surface area contributed by atoms with Crippen LogP contribution in [0, 0.1) is 6.92 Å². The number of aliphatic carboxylic acids is 1. The zero-order chi connectivity index (χ0) is 12.0. The first-order valence-electron chi connectivity index (χ1n) is 5.84. The van der Waals surface area contributed by atoms with Gasteiger partial charge in [-0.2, -0.15) is 0 Å². The van der Waals surface area contributed by atoms with Gasteiger partial charge in [0.25, 0.3) is 0 Å². The highest BCUT2D eigenvalue weighted by atomic mass is 16.4. The summed E-state index contributed by atoms with van der Waals surface area (Å²) in [5.74, 6) is -0.139. The van der Waals surface area contributed by atoms with Crippen molar-refractivity contribution < 1.29 is 9.90 Å². The Morgan fingerprint density at radius 2 is 2.29 bits per heavy atom. The monoisotopic (exact) mass is 230 g/mol. The van der Waals surface area contributed by atoms with Crippen LogP contribution in [0.1, 0.15) is 30.3 Å². The van der Waals surface area contributed by atoms with Gasteiger partial charge in [0.2, 0.25) is 0 Å². The molecule has 4 nitrogen and oxygen atoms in total. The normalized spacial score (nSPS) is 15.4. The van der Waals surface area contributed by atoms with Crippen LogP contribution in [0.4, 0.5) is 0 Å². The molecule has 1 N–H and O–H groups in total. The van der Waals surface area contributed by atoms with Gasteiger partial charge >= 0.3 is 5.97 Å². The molecular weight excluding hydrogens is 216 g/mol. The Hall–Kier alpha value is -1.84. The first kappa shape index (κ1) is 10.3. The molecule has 1 aromatic carbocycles. The van der Waals surface area contributed by atoms with E-state index in [9.17, 15) is 4.79 Å². The zero-order valence-corrected chi connectivity index (χ0v) is 9.68. The van der Waals surface area contributed by atoms with Crippen molar-refractivity contribution >= 4 is 17.0 Å². The molecule has 0 saturated heterocycles. The molecule has 1 aliphatic rings. The van der Waals surface area contributed by atoms with Crippen molar-refractivity contribution in [2.24, 2.45) is 0 Å². The number of nitrogens with zero attached hydrogens (tertiary/aromatic N) is 2. The van der Waals surface area contributed by atoms with Crippen LogP contribution < -0.4 is 0 Å². The van der Waals surface area contributed by atoms with Crippen molar-refractivity contribution in [1.82, 2.24) is 9.55 Å². The Bertz CT molecular complexity index is 597. The fourth-order valence-corrected chi connectivity index (χ4v) is 2.26. The highest BCUT2D eigenvalue weighted by Crippen LogP contribution is 2.38. The van der Waals surface area contributed by atoms with Crippen LogP contribution in [0.5, 0.6) is 0 Å². The second-order valence-electron chi connectivity index (χ2n) is 4.69. The van der Waals surface area contributed by atoms with E-state index in [4.69, 9.17) is 5.11 Å². The number of rotatable bonds is 3. The molecule has 1 aromatic heterocycles. The molecule has 17 heavy (non-hydrogen) atoms. The van der Waals surface area contributed by atoms with E-state index in [0.717, 1.165) is 29.4 Å². The van der Waals surface area contributed by atoms with Crippen molar-refractivity contribution in [2.75, 3.05) is 0 Å². The number of carbonyl (C=O) groups is 1. The Kier molecular flexibility index (Phi) is 2.18. The van der Waals surface area contributed by atoms with Gasteiger partial charge in [-0.1, -0.05) is 6.07 Å². The standard InChI is InChI=1S/C13H14N2O2/c1-8-2-5-11-10(6-8)14-12(7-13(16)17)15(11)9-3-4-9/h2,5-6,9H,3-4,7H2,1H3,(H,16,17). The summed E-state index contributed by atoms with van der Waals surface area (Å²) in [5.41, 5.74) is 3.13. The molecule has 4 heteroatoms. The van der Waals surface area contributed by atoms with E-state index in [1.807, 2.05) is 25.1 Å². The largest absolute Gasteiger partial charge is 0.481 e. The first-order chi connectivity index (χ1) is 8.15. The van der Waals surface area contributed by atoms with Crippen molar-refractivity contribution in [2.45, 2.75) is 32.2 Å². The molecule has 0 radical (unpaired) electrons. The van der Waals surface area contributed by atoms with Crippen molar-refractivity contribution in [3.8, 4) is 0 Å². The third-order valence-electron chi connectivity index (χ3n) is 3.14. The minimum Gasteiger partial charge on any atom is -0.481 e. The van der Waals surface area contributed by atoms with Gasteiger partial charge in [-0.15, -0.1) is 0 Å². The maximum atomic E-state index is 10.9. The fourth-order valence-electron chi connectivity index (χ4n) is 2.26. The highest BCUT2D eigenvalue weighted by molar-refractivity contribution is 5.79. The van der Waals surface area contributed by atoms with E-state index in [1.54, 1.807) is 0 Å². The van der Waals surface area contributed by atoms with Gasteiger partial charge < -0.3 is 9.67 Å². The minimum absolute atomic E-state index is 0.00419. The molecule has 0 aliphatic heterocycles. The van der Waals surface area contributed by atoms with E-state index < -0.39 is 5.97 Å². The first-order valence-corrected chi connectivity index (χ1v) is 5.84. The number of carboxylic acid groups (broad SMARTS) is 1. The topological polar surface area (TPSA) is 55.1 Å². The summed E-state index contributed by atoms with van der Waals surface area (Å²) in [6, 6.07) is 6.56. The van der Waals surface area contributed by atoms with Crippen LogP contribution in [-0.2, 0) is 11.2 Å². The molecular formula is C13H14N2O2. The number of benzene rings is 1. The maximum absolute atomic E-state index is 10.9. The van der Waals surface area contributed by atoms with Gasteiger partial charge in [0.15, 0.2) is 0 Å². The molecule has 0 spiro atoms. The number of aryl methyl sites for hydroxylation is 1. The molecule has 1 aliphatic carbocycles. The van der Waals surface area contributed by atoms with Crippen LogP contribution >= 0.6 is 0 Å². The summed E-state index contributed by atoms with van der Waals surface area (Å²) in [7, 11) is 0. The summed E-state index contributed by atoms with van der Waals surface area (Å²) in [6.45, 7) is 2.02. The van der Waals surface area contributed by atoms with Gasteiger partial charge in [-0.3, -0.25) is 4.79 Å². The van der Waals surface area contributed by atoms with Crippen molar-refractivity contribution in [3.05, 3.63) is 29.6 Å². The minimum atomic E-state index is -0.820. The van der Waals surface area contributed by atoms with Gasteiger partial charge in [0.1, 0.15) is 12.2 Å². The Labute approximate surface area is 98.9 Å². The molecule has 0 bridgehead atoms. The lowest BCUT2D eigenvalue weighted by Crippen LogP contribution is -2.08. The van der Waals surface area contributed by atoms with E-state index in [0.29, 0.717) is 11.9 Å². The van der Waals surface area contributed by atoms with Gasteiger partial charge in [-0.25, -0.2) is 4.98 Å². The van der Waals surface area contributed by atoms with E-state index in [-0.39, 0.29) is 6.42 Å². The Balaban J connectivity index is 2.19. The number of carboxylic acids is 1. The highest BCUT2D eigenvalue weighted by Gasteiger charge is 2.28. The van der Waals surface area contributed by atoms with Crippen LogP contribution in [0.25, 0.3) is 11.0 Å². The summed E-state index contributed by atoms with van der Waals surface area (Å²) in [5, 5.41) is 8.92. The van der Waals surface area contributed by atoms with Gasteiger partial charge in [-0.05, 0) is 37.5 Å². The SMILES string of the molecule is Cc1ccc2c(c1)nc(CC(=O)O)n2C1CC1. The number of fused-ring (bicyclic) bond motifs is 1. The molecule has 2 aromatic rings. The van der Waals surface area contributed by atoms with Crippen molar-refractivity contribution in [1.29, 1.82) is 0 Å². The van der Waals surface area contributed by atoms with Gasteiger partial charge in [0, 0.05) is 6.04 Å². The number of imidazole rings is 1. The quantitative estimate of drug-likeness (QED) is 0.880. The smallest absolute Gasteiger partial charge is 0.311 e. The predicted molar refractivity (Wildman–Crippen MR) is 64.1 cm³/mol. The lowest BCUT2D eigenvalue weighted by molar-refractivity contribution is -0.136. The summed E-state index contributed by atoms with van der Waals surface area (Å²) >= 11 is 0. The van der Waals surface area contributed by atoms with Gasteiger partial charge in [0.05, 0.1) is 11.0 Å². The molecule has 0 atom stereocenters. The molecule has 1 saturated carbocycles. The molecule has 3 rings (SSSR count). The second-order valence-corrected chi connectivity index (χ2v) is 4.69. The number of hydrogen-bond acceptors (Lipinski definition) is 2. The van der Waals surface area contributed by atoms with Crippen LogP contribution in [0.15, 0.2) is 18.2 Å². The molecule has 0 unspecified atom stereocenters.